The largest absolute Gasteiger partial charge is 0.401 e. The first-order valence-electron chi connectivity index (χ1n) is 8.11. The molecule has 0 aromatic carbocycles. The molecule has 0 spiro atoms. The molecule has 5 heteroatoms. The lowest BCUT2D eigenvalue weighted by Crippen LogP contribution is -2.55. The molecule has 0 heterocycles. The fourth-order valence-electron chi connectivity index (χ4n) is 3.53. The van der Waals surface area contributed by atoms with E-state index in [9.17, 15) is 13.2 Å². The molecular weight excluding hydrogens is 277 g/mol. The Hall–Kier alpha value is -0.290. The third-order valence-electron chi connectivity index (χ3n) is 5.29. The van der Waals surface area contributed by atoms with Crippen LogP contribution in [0.5, 0.6) is 0 Å². The molecular formula is C16H31F3N2. The second-order valence-corrected chi connectivity index (χ2v) is 7.11. The molecule has 126 valence electrons. The first-order valence-corrected chi connectivity index (χ1v) is 8.11. The highest BCUT2D eigenvalue weighted by Crippen LogP contribution is 2.41. The standard InChI is InChI=1S/C16H31F3N2/c1-6-15(3,4)12-8-9-13(20-7-2)14(10-12)21(5)11-16(17,18)19/h12-14,20H,6-11H2,1-5H3. The number of alkyl halides is 3. The van der Waals surface area contributed by atoms with E-state index in [4.69, 9.17) is 0 Å². The third kappa shape index (κ3) is 5.44. The van der Waals surface area contributed by atoms with E-state index in [-0.39, 0.29) is 17.5 Å². The lowest BCUT2D eigenvalue weighted by molar-refractivity contribution is -0.151. The van der Waals surface area contributed by atoms with Gasteiger partial charge in [0.1, 0.15) is 0 Å². The number of nitrogens with zero attached hydrogens (tertiary/aromatic N) is 1. The van der Waals surface area contributed by atoms with Gasteiger partial charge in [0.05, 0.1) is 6.54 Å². The molecule has 0 saturated heterocycles. The van der Waals surface area contributed by atoms with Gasteiger partial charge in [0.15, 0.2) is 0 Å². The average molecular weight is 308 g/mol. The highest BCUT2D eigenvalue weighted by Gasteiger charge is 2.41. The van der Waals surface area contributed by atoms with E-state index in [0.717, 1.165) is 32.2 Å². The molecule has 1 aliphatic rings. The second kappa shape index (κ2) is 7.32. The fourth-order valence-corrected chi connectivity index (χ4v) is 3.53. The minimum Gasteiger partial charge on any atom is -0.313 e. The van der Waals surface area contributed by atoms with E-state index in [1.165, 1.54) is 4.90 Å². The first kappa shape index (κ1) is 18.8. The smallest absolute Gasteiger partial charge is 0.313 e. The molecule has 1 aliphatic carbocycles. The van der Waals surface area contributed by atoms with Crippen molar-refractivity contribution in [2.24, 2.45) is 11.3 Å². The van der Waals surface area contributed by atoms with E-state index in [1.54, 1.807) is 7.05 Å². The van der Waals surface area contributed by atoms with Gasteiger partial charge in [-0.05, 0) is 44.2 Å². The Balaban J connectivity index is 2.81. The Bertz CT molecular complexity index is 315. The summed E-state index contributed by atoms with van der Waals surface area (Å²) in [4.78, 5) is 1.51. The quantitative estimate of drug-likeness (QED) is 0.796. The van der Waals surface area contributed by atoms with Crippen LogP contribution in [0, 0.1) is 11.3 Å². The zero-order valence-electron chi connectivity index (χ0n) is 14.1. The maximum Gasteiger partial charge on any atom is 0.401 e. The van der Waals surface area contributed by atoms with Gasteiger partial charge >= 0.3 is 6.18 Å². The highest BCUT2D eigenvalue weighted by molar-refractivity contribution is 4.94. The molecule has 0 aromatic heterocycles. The molecule has 1 N–H and O–H groups in total. The third-order valence-corrected chi connectivity index (χ3v) is 5.29. The number of likely N-dealkylation sites (N-methyl/N-ethyl adjacent to an activating group) is 2. The molecule has 1 saturated carbocycles. The van der Waals surface area contributed by atoms with Crippen LogP contribution in [0.4, 0.5) is 13.2 Å². The summed E-state index contributed by atoms with van der Waals surface area (Å²) < 4.78 is 38.1. The zero-order valence-corrected chi connectivity index (χ0v) is 14.1. The van der Waals surface area contributed by atoms with E-state index in [2.05, 4.69) is 26.1 Å². The average Bonchev–Trinajstić information content (AvgIpc) is 2.37. The van der Waals surface area contributed by atoms with E-state index in [0.29, 0.717) is 5.92 Å². The Morgan fingerprint density at radius 1 is 1.14 bits per heavy atom. The van der Waals surface area contributed by atoms with Gasteiger partial charge in [0, 0.05) is 12.1 Å². The Morgan fingerprint density at radius 2 is 1.76 bits per heavy atom. The van der Waals surface area contributed by atoms with Gasteiger partial charge in [0.25, 0.3) is 0 Å². The molecule has 3 unspecified atom stereocenters. The van der Waals surface area contributed by atoms with Crippen LogP contribution in [-0.4, -0.2) is 43.3 Å². The van der Waals surface area contributed by atoms with Crippen LogP contribution in [0.2, 0.25) is 0 Å². The van der Waals surface area contributed by atoms with Crippen LogP contribution in [0.25, 0.3) is 0 Å². The first-order chi connectivity index (χ1) is 9.60. The molecule has 0 aromatic rings. The predicted octanol–water partition coefficient (Wildman–Crippen LogP) is 4.06. The molecule has 0 radical (unpaired) electrons. The monoisotopic (exact) mass is 308 g/mol. The van der Waals surface area contributed by atoms with Crippen LogP contribution >= 0.6 is 0 Å². The maximum atomic E-state index is 12.7. The van der Waals surface area contributed by atoms with Crippen LogP contribution in [0.15, 0.2) is 0 Å². The van der Waals surface area contributed by atoms with Crippen molar-refractivity contribution in [3.63, 3.8) is 0 Å². The summed E-state index contributed by atoms with van der Waals surface area (Å²) in [6.45, 7) is 8.66. The van der Waals surface area contributed by atoms with Gasteiger partial charge in [-0.3, -0.25) is 4.90 Å². The van der Waals surface area contributed by atoms with Gasteiger partial charge in [-0.15, -0.1) is 0 Å². The van der Waals surface area contributed by atoms with Crippen molar-refractivity contribution in [2.45, 2.75) is 71.6 Å². The summed E-state index contributed by atoms with van der Waals surface area (Å²) in [5.41, 5.74) is 0.203. The maximum absolute atomic E-state index is 12.7. The Labute approximate surface area is 127 Å². The number of nitrogens with one attached hydrogen (secondary N) is 1. The second-order valence-electron chi connectivity index (χ2n) is 7.11. The summed E-state index contributed by atoms with van der Waals surface area (Å²) >= 11 is 0. The zero-order chi connectivity index (χ0) is 16.3. The summed E-state index contributed by atoms with van der Waals surface area (Å²) in [5.74, 6) is 0.498. The number of hydrogen-bond donors (Lipinski definition) is 1. The van der Waals surface area contributed by atoms with Crippen LogP contribution < -0.4 is 5.32 Å². The van der Waals surface area contributed by atoms with Gasteiger partial charge in [-0.2, -0.15) is 13.2 Å². The summed E-state index contributed by atoms with van der Waals surface area (Å²) in [7, 11) is 1.61. The van der Waals surface area contributed by atoms with Crippen molar-refractivity contribution in [2.75, 3.05) is 20.1 Å². The molecule has 2 nitrogen and oxygen atoms in total. The molecule has 3 atom stereocenters. The number of rotatable bonds is 6. The van der Waals surface area contributed by atoms with E-state index < -0.39 is 12.7 Å². The molecule has 1 rings (SSSR count). The number of hydrogen-bond acceptors (Lipinski definition) is 2. The normalized spacial score (nSPS) is 28.1. The fraction of sp³-hybridized carbons (Fsp3) is 1.00. The lowest BCUT2D eigenvalue weighted by atomic mass is 9.67. The Morgan fingerprint density at radius 3 is 2.24 bits per heavy atom. The SMILES string of the molecule is CCNC1CCC(C(C)(C)CC)CC1N(C)CC(F)(F)F. The summed E-state index contributed by atoms with van der Waals surface area (Å²) in [5, 5.41) is 3.38. The van der Waals surface area contributed by atoms with Crippen molar-refractivity contribution in [3.8, 4) is 0 Å². The molecule has 21 heavy (non-hydrogen) atoms. The van der Waals surface area contributed by atoms with Crippen molar-refractivity contribution < 1.29 is 13.2 Å². The summed E-state index contributed by atoms with van der Waals surface area (Å²) in [6, 6.07) is 0.141. The lowest BCUT2D eigenvalue weighted by Gasteiger charge is -2.46. The van der Waals surface area contributed by atoms with E-state index in [1.807, 2.05) is 6.92 Å². The molecule has 1 fully saturated rings. The van der Waals surface area contributed by atoms with E-state index >= 15 is 0 Å². The predicted molar refractivity (Wildman–Crippen MR) is 81.4 cm³/mol. The molecule has 0 amide bonds. The number of halogens is 3. The van der Waals surface area contributed by atoms with Gasteiger partial charge in [-0.1, -0.05) is 34.1 Å². The van der Waals surface area contributed by atoms with Gasteiger partial charge in [-0.25, -0.2) is 0 Å². The highest BCUT2D eigenvalue weighted by atomic mass is 19.4. The summed E-state index contributed by atoms with van der Waals surface area (Å²) in [6.07, 6.45) is -0.132. The molecule has 0 bridgehead atoms. The van der Waals surface area contributed by atoms with Crippen LogP contribution in [0.3, 0.4) is 0 Å². The van der Waals surface area contributed by atoms with Crippen LogP contribution in [-0.2, 0) is 0 Å². The van der Waals surface area contributed by atoms with Crippen molar-refractivity contribution >= 4 is 0 Å². The van der Waals surface area contributed by atoms with Gasteiger partial charge in [0.2, 0.25) is 0 Å². The van der Waals surface area contributed by atoms with Gasteiger partial charge < -0.3 is 5.32 Å². The van der Waals surface area contributed by atoms with Crippen molar-refractivity contribution in [1.29, 1.82) is 0 Å². The van der Waals surface area contributed by atoms with Crippen molar-refractivity contribution in [3.05, 3.63) is 0 Å². The molecule has 0 aliphatic heterocycles. The van der Waals surface area contributed by atoms with Crippen molar-refractivity contribution in [1.82, 2.24) is 10.2 Å². The minimum absolute atomic E-state index is 0.0313. The topological polar surface area (TPSA) is 15.3 Å². The minimum atomic E-state index is -4.13. The Kier molecular flexibility index (Phi) is 6.54. The van der Waals surface area contributed by atoms with Crippen LogP contribution in [0.1, 0.15) is 53.4 Å².